The van der Waals surface area contributed by atoms with Crippen molar-refractivity contribution in [1.29, 1.82) is 0 Å². The predicted molar refractivity (Wildman–Crippen MR) is 82.6 cm³/mol. The molecule has 2 heterocycles. The minimum Gasteiger partial charge on any atom is -0.469 e. The van der Waals surface area contributed by atoms with Crippen LogP contribution in [-0.4, -0.2) is 13.1 Å². The van der Waals surface area contributed by atoms with Gasteiger partial charge in [-0.1, -0.05) is 0 Å². The predicted octanol–water partition coefficient (Wildman–Crippen LogP) is 3.58. The maximum Gasteiger partial charge on any atom is 0.310 e. The van der Waals surface area contributed by atoms with E-state index in [1.165, 1.54) is 16.9 Å². The topological polar surface area (TPSA) is 38.3 Å². The monoisotopic (exact) mass is 359 g/mol. The van der Waals surface area contributed by atoms with Crippen LogP contribution in [0.2, 0.25) is 0 Å². The van der Waals surface area contributed by atoms with Gasteiger partial charge >= 0.3 is 5.97 Å². The fourth-order valence-electron chi connectivity index (χ4n) is 1.58. The lowest BCUT2D eigenvalue weighted by molar-refractivity contribution is -0.139. The second kappa shape index (κ2) is 7.19. The zero-order chi connectivity index (χ0) is 13.7. The Bertz CT molecular complexity index is 550. The van der Waals surface area contributed by atoms with Gasteiger partial charge in [-0.05, 0) is 34.1 Å². The quantitative estimate of drug-likeness (QED) is 0.801. The molecule has 0 unspecified atom stereocenters. The number of hydrogen-bond acceptors (Lipinski definition) is 5. The third-order valence-electron chi connectivity index (χ3n) is 2.48. The summed E-state index contributed by atoms with van der Waals surface area (Å²) in [5.41, 5.74) is 0. The van der Waals surface area contributed by atoms with E-state index in [1.54, 1.807) is 22.7 Å². The number of carbonyl (C=O) groups is 1. The Balaban J connectivity index is 1.78. The Morgan fingerprint density at radius 2 is 2.05 bits per heavy atom. The van der Waals surface area contributed by atoms with E-state index < -0.39 is 0 Å². The second-order valence-corrected chi connectivity index (χ2v) is 7.12. The first kappa shape index (κ1) is 14.7. The number of halogens is 1. The van der Waals surface area contributed by atoms with Gasteiger partial charge in [-0.25, -0.2) is 0 Å². The third-order valence-corrected chi connectivity index (χ3v) is 5.27. The van der Waals surface area contributed by atoms with E-state index in [9.17, 15) is 4.79 Å². The largest absolute Gasteiger partial charge is 0.469 e. The molecule has 0 aliphatic rings. The number of hydrogen-bond donors (Lipinski definition) is 1. The average molecular weight is 360 g/mol. The van der Waals surface area contributed by atoms with Crippen LogP contribution < -0.4 is 5.32 Å². The summed E-state index contributed by atoms with van der Waals surface area (Å²) in [7, 11) is 1.41. The molecule has 0 fully saturated rings. The van der Waals surface area contributed by atoms with Gasteiger partial charge in [-0.15, -0.1) is 22.7 Å². The van der Waals surface area contributed by atoms with E-state index >= 15 is 0 Å². The highest BCUT2D eigenvalue weighted by atomic mass is 79.9. The fourth-order valence-corrected chi connectivity index (χ4v) is 3.98. The molecule has 0 aromatic carbocycles. The summed E-state index contributed by atoms with van der Waals surface area (Å²) in [6.45, 7) is 1.68. The van der Waals surface area contributed by atoms with E-state index in [0.29, 0.717) is 6.42 Å². The number of carbonyl (C=O) groups excluding carboxylic acids is 1. The summed E-state index contributed by atoms with van der Waals surface area (Å²) < 4.78 is 5.78. The molecular formula is C13H14BrNO2S2. The molecule has 0 radical (unpaired) electrons. The zero-order valence-electron chi connectivity index (χ0n) is 10.4. The van der Waals surface area contributed by atoms with Crippen molar-refractivity contribution in [2.75, 3.05) is 7.11 Å². The molecule has 102 valence electrons. The van der Waals surface area contributed by atoms with Gasteiger partial charge in [0.15, 0.2) is 0 Å². The van der Waals surface area contributed by atoms with Gasteiger partial charge in [0.25, 0.3) is 0 Å². The van der Waals surface area contributed by atoms with Gasteiger partial charge in [0.2, 0.25) is 0 Å². The maximum absolute atomic E-state index is 11.2. The molecule has 2 aromatic heterocycles. The molecule has 0 atom stereocenters. The molecule has 19 heavy (non-hydrogen) atoms. The fraction of sp³-hybridized carbons (Fsp3) is 0.308. The zero-order valence-corrected chi connectivity index (χ0v) is 13.7. The van der Waals surface area contributed by atoms with Gasteiger partial charge in [0, 0.05) is 37.6 Å². The van der Waals surface area contributed by atoms with Gasteiger partial charge in [0.05, 0.1) is 13.5 Å². The van der Waals surface area contributed by atoms with Crippen LogP contribution in [0.25, 0.3) is 0 Å². The summed E-state index contributed by atoms with van der Waals surface area (Å²) in [5, 5.41) is 5.48. The lowest BCUT2D eigenvalue weighted by atomic mass is 10.3. The van der Waals surface area contributed by atoms with Crippen LogP contribution in [0.5, 0.6) is 0 Å². The van der Waals surface area contributed by atoms with Crippen molar-refractivity contribution in [2.24, 2.45) is 0 Å². The van der Waals surface area contributed by atoms with E-state index in [-0.39, 0.29) is 5.97 Å². The molecule has 0 saturated carbocycles. The van der Waals surface area contributed by atoms with Crippen molar-refractivity contribution in [3.8, 4) is 0 Å². The number of nitrogens with one attached hydrogen (secondary N) is 1. The van der Waals surface area contributed by atoms with Crippen molar-refractivity contribution in [3.05, 3.63) is 42.7 Å². The van der Waals surface area contributed by atoms with Crippen LogP contribution in [-0.2, 0) is 29.0 Å². The highest BCUT2D eigenvalue weighted by Crippen LogP contribution is 2.20. The Kier molecular flexibility index (Phi) is 5.57. The highest BCUT2D eigenvalue weighted by molar-refractivity contribution is 9.10. The number of esters is 1. The second-order valence-electron chi connectivity index (χ2n) is 3.96. The summed E-state index contributed by atoms with van der Waals surface area (Å²) >= 11 is 6.82. The third kappa shape index (κ3) is 4.72. The van der Waals surface area contributed by atoms with E-state index in [1.807, 2.05) is 6.07 Å². The van der Waals surface area contributed by atoms with Crippen LogP contribution in [0.1, 0.15) is 14.6 Å². The smallest absolute Gasteiger partial charge is 0.310 e. The molecule has 0 spiro atoms. The van der Waals surface area contributed by atoms with Crippen molar-refractivity contribution >= 4 is 44.6 Å². The first-order valence-electron chi connectivity index (χ1n) is 5.75. The molecule has 3 nitrogen and oxygen atoms in total. The number of rotatable bonds is 6. The van der Waals surface area contributed by atoms with Crippen LogP contribution in [0, 0.1) is 0 Å². The minimum absolute atomic E-state index is 0.190. The molecule has 2 rings (SSSR count). The molecule has 0 aliphatic carbocycles. The van der Waals surface area contributed by atoms with Gasteiger partial charge in [-0.2, -0.15) is 0 Å². The molecule has 6 heteroatoms. The molecule has 0 bridgehead atoms. The van der Waals surface area contributed by atoms with Crippen molar-refractivity contribution in [1.82, 2.24) is 5.32 Å². The molecule has 0 amide bonds. The lowest BCUT2D eigenvalue weighted by Gasteiger charge is -2.00. The maximum atomic E-state index is 11.2. The van der Waals surface area contributed by atoms with Gasteiger partial charge < -0.3 is 10.1 Å². The Labute approximate surface area is 128 Å². The standard InChI is InChI=1S/C13H14BrNO2S2/c1-17-13(16)5-10-2-3-11(19-10)6-15-7-12-4-9(14)8-18-12/h2-4,8,15H,5-7H2,1H3. The number of thiophene rings is 2. The van der Waals surface area contributed by atoms with Crippen molar-refractivity contribution in [3.63, 3.8) is 0 Å². The van der Waals surface area contributed by atoms with Crippen LogP contribution in [0.3, 0.4) is 0 Å². The molecule has 2 aromatic rings. The van der Waals surface area contributed by atoms with Crippen LogP contribution in [0.15, 0.2) is 28.1 Å². The number of ether oxygens (including phenoxy) is 1. The average Bonchev–Trinajstić information content (AvgIpc) is 2.99. The summed E-state index contributed by atoms with van der Waals surface area (Å²) in [6.07, 6.45) is 0.360. The first-order valence-corrected chi connectivity index (χ1v) is 8.24. The van der Waals surface area contributed by atoms with Crippen molar-refractivity contribution < 1.29 is 9.53 Å². The Morgan fingerprint density at radius 1 is 1.32 bits per heavy atom. The molecule has 1 N–H and O–H groups in total. The van der Waals surface area contributed by atoms with E-state index in [0.717, 1.165) is 22.4 Å². The van der Waals surface area contributed by atoms with Crippen LogP contribution in [0.4, 0.5) is 0 Å². The van der Waals surface area contributed by atoms with Gasteiger partial charge in [0.1, 0.15) is 0 Å². The summed E-state index contributed by atoms with van der Waals surface area (Å²) in [6, 6.07) is 6.16. The molecule has 0 aliphatic heterocycles. The van der Waals surface area contributed by atoms with Crippen LogP contribution >= 0.6 is 38.6 Å². The molecular weight excluding hydrogens is 346 g/mol. The van der Waals surface area contributed by atoms with E-state index in [2.05, 4.69) is 43.5 Å². The molecule has 0 saturated heterocycles. The van der Waals surface area contributed by atoms with Crippen molar-refractivity contribution in [2.45, 2.75) is 19.5 Å². The minimum atomic E-state index is -0.190. The summed E-state index contributed by atoms with van der Waals surface area (Å²) in [5.74, 6) is -0.190. The normalized spacial score (nSPS) is 10.6. The highest BCUT2D eigenvalue weighted by Gasteiger charge is 2.06. The summed E-state index contributed by atoms with van der Waals surface area (Å²) in [4.78, 5) is 14.7. The van der Waals surface area contributed by atoms with Gasteiger partial charge in [-0.3, -0.25) is 4.79 Å². The Hall–Kier alpha value is -0.690. The first-order chi connectivity index (χ1) is 9.17. The Morgan fingerprint density at radius 3 is 2.74 bits per heavy atom. The lowest BCUT2D eigenvalue weighted by Crippen LogP contribution is -2.10. The SMILES string of the molecule is COC(=O)Cc1ccc(CNCc2cc(Br)cs2)s1. The van der Waals surface area contributed by atoms with E-state index in [4.69, 9.17) is 0 Å². The number of methoxy groups -OCH3 is 1.